The van der Waals surface area contributed by atoms with Crippen molar-refractivity contribution in [1.29, 1.82) is 0 Å². The summed E-state index contributed by atoms with van der Waals surface area (Å²) in [7, 11) is 0. The van der Waals surface area contributed by atoms with Crippen LogP contribution in [-0.4, -0.2) is 5.12 Å². The Kier molecular flexibility index (Phi) is 7.81. The van der Waals surface area contributed by atoms with E-state index in [0.29, 0.717) is 0 Å². The third kappa shape index (κ3) is 11.4. The van der Waals surface area contributed by atoms with E-state index in [1.807, 2.05) is 0 Å². The number of rotatable bonds is 0. The standard InChI is InChI=1S/C13H2OS/c1-2-3-4-5-6-7-8-9-10-11-12-13(14)15/h1H,(H,14,15). The summed E-state index contributed by atoms with van der Waals surface area (Å²) >= 11 is 3.42. The van der Waals surface area contributed by atoms with Gasteiger partial charge in [-0.15, -0.1) is 6.42 Å². The van der Waals surface area contributed by atoms with Gasteiger partial charge in [0.15, 0.2) is 0 Å². The predicted octanol–water partition coefficient (Wildman–Crippen LogP) is 0.0930. The van der Waals surface area contributed by atoms with Crippen molar-refractivity contribution in [1.82, 2.24) is 0 Å². The van der Waals surface area contributed by atoms with E-state index in [1.165, 1.54) is 0 Å². The summed E-state index contributed by atoms with van der Waals surface area (Å²) in [5.41, 5.74) is 0. The van der Waals surface area contributed by atoms with Crippen LogP contribution in [0.15, 0.2) is 0 Å². The van der Waals surface area contributed by atoms with Gasteiger partial charge in [0.2, 0.25) is 0 Å². The molecule has 0 aliphatic rings. The Bertz CT molecular complexity index is 591. The van der Waals surface area contributed by atoms with Crippen LogP contribution in [0.1, 0.15) is 0 Å². The van der Waals surface area contributed by atoms with Gasteiger partial charge < -0.3 is 0 Å². The van der Waals surface area contributed by atoms with Crippen LogP contribution in [0.2, 0.25) is 0 Å². The molecule has 0 aromatic rings. The molecular formula is C13H2OS. The van der Waals surface area contributed by atoms with Crippen molar-refractivity contribution in [2.45, 2.75) is 0 Å². The van der Waals surface area contributed by atoms with Crippen molar-refractivity contribution in [3.8, 4) is 71.5 Å². The molecule has 1 nitrogen and oxygen atoms in total. The molecule has 0 spiro atoms. The zero-order chi connectivity index (χ0) is 11.4. The van der Waals surface area contributed by atoms with Gasteiger partial charge in [0.25, 0.3) is 5.12 Å². The molecule has 0 heterocycles. The smallest absolute Gasteiger partial charge is 0.260 e. The molecule has 0 aliphatic heterocycles. The highest BCUT2D eigenvalue weighted by Crippen LogP contribution is 1.70. The summed E-state index contributed by atoms with van der Waals surface area (Å²) < 4.78 is 0. The van der Waals surface area contributed by atoms with Crippen molar-refractivity contribution < 1.29 is 4.79 Å². The summed E-state index contributed by atoms with van der Waals surface area (Å²) in [6.45, 7) is 0. The van der Waals surface area contributed by atoms with Gasteiger partial charge in [0.1, 0.15) is 0 Å². The average molecular weight is 206 g/mol. The number of terminal acetylenes is 1. The third-order valence-corrected chi connectivity index (χ3v) is 0.853. The molecule has 0 saturated heterocycles. The summed E-state index contributed by atoms with van der Waals surface area (Å²) in [6, 6.07) is 0. The highest BCUT2D eigenvalue weighted by Gasteiger charge is 1.75. The summed E-state index contributed by atoms with van der Waals surface area (Å²) in [6.07, 6.45) is 4.85. The van der Waals surface area contributed by atoms with Crippen molar-refractivity contribution >= 4 is 17.7 Å². The van der Waals surface area contributed by atoms with Crippen LogP contribution in [0.5, 0.6) is 0 Å². The van der Waals surface area contributed by atoms with Gasteiger partial charge in [-0.05, 0) is 65.1 Å². The predicted molar refractivity (Wildman–Crippen MR) is 61.7 cm³/mol. The molecule has 0 bridgehead atoms. The SMILES string of the molecule is C#CC#CC#CC#CC#CC#CC(=O)S. The molecule has 0 aromatic carbocycles. The summed E-state index contributed by atoms with van der Waals surface area (Å²) in [5.74, 6) is 25.4. The van der Waals surface area contributed by atoms with Crippen LogP contribution >= 0.6 is 12.6 Å². The maximum atomic E-state index is 10.2. The van der Waals surface area contributed by atoms with Crippen LogP contribution < -0.4 is 0 Å². The van der Waals surface area contributed by atoms with Gasteiger partial charge in [0.05, 0.1) is 0 Å². The van der Waals surface area contributed by atoms with Gasteiger partial charge in [0, 0.05) is 0 Å². The number of hydrogen-bond donors (Lipinski definition) is 1. The van der Waals surface area contributed by atoms with E-state index in [2.05, 4.69) is 77.8 Å². The molecule has 0 radical (unpaired) electrons. The lowest BCUT2D eigenvalue weighted by Crippen LogP contribution is -1.73. The molecule has 15 heavy (non-hydrogen) atoms. The molecule has 2 heteroatoms. The van der Waals surface area contributed by atoms with Crippen LogP contribution in [0, 0.1) is 71.5 Å². The quantitative estimate of drug-likeness (QED) is 0.439. The van der Waals surface area contributed by atoms with Gasteiger partial charge >= 0.3 is 0 Å². The lowest BCUT2D eigenvalue weighted by molar-refractivity contribution is -0.106. The number of thiol groups is 1. The Morgan fingerprint density at radius 2 is 1.20 bits per heavy atom. The first-order chi connectivity index (χ1) is 7.27. The minimum atomic E-state index is -0.540. The zero-order valence-corrected chi connectivity index (χ0v) is 8.33. The first-order valence-corrected chi connectivity index (χ1v) is 3.91. The molecule has 0 amide bonds. The Labute approximate surface area is 94.4 Å². The lowest BCUT2D eigenvalue weighted by Gasteiger charge is -1.61. The lowest BCUT2D eigenvalue weighted by atomic mass is 10.5. The maximum absolute atomic E-state index is 10.2. The Balaban J connectivity index is 4.24. The van der Waals surface area contributed by atoms with E-state index in [1.54, 1.807) is 0 Å². The van der Waals surface area contributed by atoms with E-state index in [-0.39, 0.29) is 0 Å². The minimum absolute atomic E-state index is 0.540. The second kappa shape index (κ2) is 9.47. The van der Waals surface area contributed by atoms with Crippen LogP contribution in [-0.2, 0) is 4.79 Å². The van der Waals surface area contributed by atoms with Gasteiger partial charge in [-0.2, -0.15) is 0 Å². The highest BCUT2D eigenvalue weighted by molar-refractivity contribution is 7.97. The molecule has 0 fully saturated rings. The molecule has 0 aromatic heterocycles. The van der Waals surface area contributed by atoms with Crippen LogP contribution in [0.25, 0.3) is 0 Å². The number of carbonyl (C=O) groups excluding carboxylic acids is 1. The van der Waals surface area contributed by atoms with E-state index in [9.17, 15) is 4.79 Å². The maximum Gasteiger partial charge on any atom is 0.260 e. The Morgan fingerprint density at radius 3 is 1.60 bits per heavy atom. The molecular weight excluding hydrogens is 204 g/mol. The van der Waals surface area contributed by atoms with Gasteiger partial charge in [-0.1, -0.05) is 12.6 Å². The number of hydrogen-bond acceptors (Lipinski definition) is 1. The Hall–Kier alpha value is -2.62. The zero-order valence-electron chi connectivity index (χ0n) is 7.43. The molecule has 0 saturated carbocycles. The Morgan fingerprint density at radius 1 is 0.800 bits per heavy atom. The first kappa shape index (κ1) is 12.4. The van der Waals surface area contributed by atoms with Crippen molar-refractivity contribution in [2.75, 3.05) is 0 Å². The fraction of sp³-hybridized carbons (Fsp3) is 0. The van der Waals surface area contributed by atoms with Gasteiger partial charge in [-0.3, -0.25) is 4.79 Å². The summed E-state index contributed by atoms with van der Waals surface area (Å²) in [5, 5.41) is -0.540. The molecule has 0 unspecified atom stereocenters. The fourth-order valence-corrected chi connectivity index (χ4v) is 0.395. The highest BCUT2D eigenvalue weighted by atomic mass is 32.1. The van der Waals surface area contributed by atoms with Crippen LogP contribution in [0.4, 0.5) is 0 Å². The first-order valence-electron chi connectivity index (χ1n) is 3.47. The van der Waals surface area contributed by atoms with E-state index in [4.69, 9.17) is 6.42 Å². The molecule has 0 atom stereocenters. The topological polar surface area (TPSA) is 17.1 Å². The molecule has 0 aliphatic carbocycles. The second-order valence-electron chi connectivity index (χ2n) is 1.70. The van der Waals surface area contributed by atoms with E-state index in [0.717, 1.165) is 0 Å². The minimum Gasteiger partial charge on any atom is -0.272 e. The van der Waals surface area contributed by atoms with Crippen molar-refractivity contribution in [2.24, 2.45) is 0 Å². The fourth-order valence-electron chi connectivity index (χ4n) is 0.340. The molecule has 0 rings (SSSR count). The largest absolute Gasteiger partial charge is 0.272 e. The normalized spacial score (nSPS) is 4.53. The summed E-state index contributed by atoms with van der Waals surface area (Å²) in [4.78, 5) is 10.2. The molecule has 0 N–H and O–H groups in total. The van der Waals surface area contributed by atoms with Crippen LogP contribution in [0.3, 0.4) is 0 Å². The van der Waals surface area contributed by atoms with Crippen molar-refractivity contribution in [3.63, 3.8) is 0 Å². The average Bonchev–Trinajstić information content (AvgIpc) is 2.20. The van der Waals surface area contributed by atoms with Gasteiger partial charge in [-0.25, -0.2) is 0 Å². The molecule has 66 valence electrons. The second-order valence-corrected chi connectivity index (χ2v) is 2.11. The van der Waals surface area contributed by atoms with Crippen molar-refractivity contribution in [3.05, 3.63) is 0 Å². The monoisotopic (exact) mass is 206 g/mol. The number of carbonyl (C=O) groups is 1. The van der Waals surface area contributed by atoms with E-state index < -0.39 is 5.12 Å². The third-order valence-electron chi connectivity index (χ3n) is 0.742. The van der Waals surface area contributed by atoms with E-state index >= 15 is 0 Å².